The van der Waals surface area contributed by atoms with Gasteiger partial charge in [0.1, 0.15) is 5.82 Å². The van der Waals surface area contributed by atoms with Gasteiger partial charge in [0.05, 0.1) is 29.1 Å². The first-order chi connectivity index (χ1) is 18.5. The van der Waals surface area contributed by atoms with Crippen molar-refractivity contribution in [3.05, 3.63) is 38.8 Å². The molecule has 9 heteroatoms. The molecule has 0 radical (unpaired) electrons. The number of aromatic nitrogens is 2. The molecule has 1 N–H and O–H groups in total. The van der Waals surface area contributed by atoms with E-state index in [2.05, 4.69) is 10.2 Å². The van der Waals surface area contributed by atoms with Crippen molar-refractivity contribution in [1.29, 1.82) is 0 Å². The average molecular weight is 529 g/mol. The van der Waals surface area contributed by atoms with Gasteiger partial charge in [0.2, 0.25) is 0 Å². The molecule has 8 nitrogen and oxygen atoms in total. The number of ether oxygens (including phenoxy) is 1. The molecule has 1 saturated heterocycles. The maximum Gasteiger partial charge on any atom is 0.331 e. The largest absolute Gasteiger partial charge is 0.466 e. The number of hydrogen-bond acceptors (Lipinski definition) is 6. The van der Waals surface area contributed by atoms with Crippen molar-refractivity contribution >= 4 is 22.6 Å². The second-order valence-electron chi connectivity index (χ2n) is 11.3. The summed E-state index contributed by atoms with van der Waals surface area (Å²) >= 11 is 0. The summed E-state index contributed by atoms with van der Waals surface area (Å²) in [6.45, 7) is 4.21. The Labute approximate surface area is 223 Å². The zero-order valence-electron chi connectivity index (χ0n) is 22.6. The van der Waals surface area contributed by atoms with E-state index in [0.29, 0.717) is 30.9 Å². The van der Waals surface area contributed by atoms with Gasteiger partial charge in [-0.2, -0.15) is 0 Å². The van der Waals surface area contributed by atoms with Gasteiger partial charge in [-0.3, -0.25) is 18.7 Å². The molecule has 0 amide bonds. The Morgan fingerprint density at radius 2 is 1.74 bits per heavy atom. The van der Waals surface area contributed by atoms with Crippen molar-refractivity contribution in [3.63, 3.8) is 0 Å². The van der Waals surface area contributed by atoms with Gasteiger partial charge in [-0.05, 0) is 64.1 Å². The lowest BCUT2D eigenvalue weighted by Crippen LogP contribution is -2.46. The molecular formula is C29H41FN4O4. The molecule has 0 bridgehead atoms. The van der Waals surface area contributed by atoms with Gasteiger partial charge >= 0.3 is 11.7 Å². The fraction of sp³-hybridized carbons (Fsp3) is 0.690. The molecule has 2 aromatic rings. The lowest BCUT2D eigenvalue weighted by Gasteiger charge is -2.31. The average Bonchev–Trinajstić information content (AvgIpc) is 3.45. The molecule has 2 heterocycles. The third-order valence-corrected chi connectivity index (χ3v) is 8.68. The first kappa shape index (κ1) is 26.9. The van der Waals surface area contributed by atoms with Crippen LogP contribution < -0.4 is 16.6 Å². The minimum absolute atomic E-state index is 0.00743. The maximum atomic E-state index is 15.3. The van der Waals surface area contributed by atoms with Gasteiger partial charge in [-0.25, -0.2) is 9.18 Å². The normalized spacial score (nSPS) is 21.7. The van der Waals surface area contributed by atoms with Crippen LogP contribution in [-0.2, 0) is 16.1 Å². The van der Waals surface area contributed by atoms with Crippen molar-refractivity contribution in [3.8, 4) is 0 Å². The molecular weight excluding hydrogens is 487 g/mol. The SMILES string of the molecule is CCOC(=O)C1CCCN(CCn2c(=O)c3cc(F)c(NC4CCCCC4)cc3n(C3CCCC3)c2=O)C1. The minimum atomic E-state index is -0.448. The van der Waals surface area contributed by atoms with Crippen LogP contribution in [0.15, 0.2) is 21.7 Å². The van der Waals surface area contributed by atoms with Crippen molar-refractivity contribution in [2.24, 2.45) is 5.92 Å². The Kier molecular flexibility index (Phi) is 8.51. The number of anilines is 1. The monoisotopic (exact) mass is 528 g/mol. The van der Waals surface area contributed by atoms with Crippen LogP contribution in [0, 0.1) is 11.7 Å². The van der Waals surface area contributed by atoms with E-state index in [0.717, 1.165) is 70.8 Å². The fourth-order valence-corrected chi connectivity index (χ4v) is 6.64. The fourth-order valence-electron chi connectivity index (χ4n) is 6.64. The molecule has 2 aliphatic carbocycles. The Morgan fingerprint density at radius 3 is 2.47 bits per heavy atom. The quantitative estimate of drug-likeness (QED) is 0.510. The molecule has 0 spiro atoms. The van der Waals surface area contributed by atoms with Gasteiger partial charge < -0.3 is 15.0 Å². The number of rotatable bonds is 8. The summed E-state index contributed by atoms with van der Waals surface area (Å²) < 4.78 is 23.5. The second-order valence-corrected chi connectivity index (χ2v) is 11.3. The van der Waals surface area contributed by atoms with Crippen LogP contribution >= 0.6 is 0 Å². The van der Waals surface area contributed by atoms with E-state index < -0.39 is 11.4 Å². The molecule has 3 aliphatic rings. The number of likely N-dealkylation sites (tertiary alicyclic amines) is 1. The second kappa shape index (κ2) is 12.0. The molecule has 1 aromatic carbocycles. The van der Waals surface area contributed by atoms with Gasteiger partial charge in [-0.1, -0.05) is 32.1 Å². The number of carbonyl (C=O) groups is 1. The number of carbonyl (C=O) groups excluding carboxylic acids is 1. The topological polar surface area (TPSA) is 85.6 Å². The minimum Gasteiger partial charge on any atom is -0.466 e. The van der Waals surface area contributed by atoms with Gasteiger partial charge in [0.25, 0.3) is 5.56 Å². The van der Waals surface area contributed by atoms with E-state index in [1.165, 1.54) is 17.1 Å². The van der Waals surface area contributed by atoms with Crippen molar-refractivity contribution < 1.29 is 13.9 Å². The maximum absolute atomic E-state index is 15.3. The van der Waals surface area contributed by atoms with E-state index in [9.17, 15) is 14.4 Å². The molecule has 1 aromatic heterocycles. The van der Waals surface area contributed by atoms with Gasteiger partial charge in [0, 0.05) is 31.7 Å². The number of benzene rings is 1. The van der Waals surface area contributed by atoms with Crippen LogP contribution in [0.5, 0.6) is 0 Å². The summed E-state index contributed by atoms with van der Waals surface area (Å²) in [5, 5.41) is 3.62. The first-order valence-corrected chi connectivity index (χ1v) is 14.6. The standard InChI is InChI=1S/C29H41FN4O4/c1-2-38-28(36)20-9-8-14-32(19-20)15-16-33-27(35)23-17-24(30)25(31-21-10-4-3-5-11-21)18-26(23)34(29(33)37)22-12-6-7-13-22/h17-18,20-22,31H,2-16,19H2,1H3. The summed E-state index contributed by atoms with van der Waals surface area (Å²) in [5.41, 5.74) is 0.152. The predicted octanol–water partition coefficient (Wildman–Crippen LogP) is 4.44. The molecule has 1 unspecified atom stereocenters. The highest BCUT2D eigenvalue weighted by Crippen LogP contribution is 2.32. The van der Waals surface area contributed by atoms with Crippen molar-refractivity contribution in [2.75, 3.05) is 31.6 Å². The molecule has 208 valence electrons. The number of hydrogen-bond donors (Lipinski definition) is 1. The highest BCUT2D eigenvalue weighted by atomic mass is 19.1. The van der Waals surface area contributed by atoms with E-state index in [-0.39, 0.29) is 41.6 Å². The van der Waals surface area contributed by atoms with Crippen molar-refractivity contribution in [1.82, 2.24) is 14.0 Å². The van der Waals surface area contributed by atoms with Crippen LogP contribution in [0.25, 0.3) is 10.9 Å². The van der Waals surface area contributed by atoms with Crippen LogP contribution in [0.2, 0.25) is 0 Å². The Balaban J connectivity index is 1.46. The summed E-state index contributed by atoms with van der Waals surface area (Å²) in [5.74, 6) is -0.815. The summed E-state index contributed by atoms with van der Waals surface area (Å²) in [6.07, 6.45) is 10.9. The zero-order chi connectivity index (χ0) is 26.6. The number of fused-ring (bicyclic) bond motifs is 1. The van der Waals surface area contributed by atoms with E-state index in [4.69, 9.17) is 4.74 Å². The Morgan fingerprint density at radius 1 is 1.00 bits per heavy atom. The van der Waals surface area contributed by atoms with Gasteiger partial charge in [0.15, 0.2) is 0 Å². The molecule has 1 atom stereocenters. The van der Waals surface area contributed by atoms with Gasteiger partial charge in [-0.15, -0.1) is 0 Å². The summed E-state index contributed by atoms with van der Waals surface area (Å²) in [4.78, 5) is 41.8. The number of piperidine rings is 1. The summed E-state index contributed by atoms with van der Waals surface area (Å²) in [7, 11) is 0. The number of nitrogens with one attached hydrogen (secondary N) is 1. The number of halogens is 1. The zero-order valence-corrected chi connectivity index (χ0v) is 22.6. The number of esters is 1. The summed E-state index contributed by atoms with van der Waals surface area (Å²) in [6, 6.07) is 3.24. The lowest BCUT2D eigenvalue weighted by atomic mass is 9.95. The van der Waals surface area contributed by atoms with E-state index in [1.54, 1.807) is 17.6 Å². The van der Waals surface area contributed by atoms with Crippen LogP contribution in [0.4, 0.5) is 10.1 Å². The smallest absolute Gasteiger partial charge is 0.331 e. The molecule has 1 aliphatic heterocycles. The van der Waals surface area contributed by atoms with Crippen LogP contribution in [0.3, 0.4) is 0 Å². The first-order valence-electron chi connectivity index (χ1n) is 14.6. The molecule has 3 fully saturated rings. The third-order valence-electron chi connectivity index (χ3n) is 8.68. The van der Waals surface area contributed by atoms with Crippen molar-refractivity contribution in [2.45, 2.75) is 96.2 Å². The lowest BCUT2D eigenvalue weighted by molar-refractivity contribution is -0.149. The molecule has 5 rings (SSSR count). The highest BCUT2D eigenvalue weighted by molar-refractivity contribution is 5.82. The highest BCUT2D eigenvalue weighted by Gasteiger charge is 2.28. The van der Waals surface area contributed by atoms with Crippen LogP contribution in [0.1, 0.15) is 83.6 Å². The Bertz CT molecular complexity index is 1260. The molecule has 2 saturated carbocycles. The third kappa shape index (κ3) is 5.67. The Hall–Kier alpha value is -2.68. The van der Waals surface area contributed by atoms with Crippen LogP contribution in [-0.4, -0.2) is 52.3 Å². The molecule has 38 heavy (non-hydrogen) atoms. The number of nitrogens with zero attached hydrogens (tertiary/aromatic N) is 3. The van der Waals surface area contributed by atoms with E-state index in [1.807, 2.05) is 0 Å². The predicted molar refractivity (Wildman–Crippen MR) is 146 cm³/mol. The van der Waals surface area contributed by atoms with E-state index >= 15 is 4.39 Å².